The van der Waals surface area contributed by atoms with Crippen LogP contribution in [0.15, 0.2) is 18.2 Å². The Kier molecular flexibility index (Phi) is 6.49. The van der Waals surface area contributed by atoms with Gasteiger partial charge in [-0.25, -0.2) is 0 Å². The van der Waals surface area contributed by atoms with Gasteiger partial charge in [-0.3, -0.25) is 4.90 Å². The lowest BCUT2D eigenvalue weighted by Gasteiger charge is -2.23. The standard InChI is InChI=1S/C14H18Cl2N2/c1-11(2)9-18(7-3-6-17)10-12-4-5-13(15)14(16)8-12/h4-5,8,11H,3,7,9-10H2,1-2H3. The lowest BCUT2D eigenvalue weighted by atomic mass is 10.1. The molecule has 18 heavy (non-hydrogen) atoms. The van der Waals surface area contributed by atoms with Crippen molar-refractivity contribution in [3.8, 4) is 6.07 Å². The molecule has 0 aliphatic rings. The van der Waals surface area contributed by atoms with E-state index in [1.165, 1.54) is 0 Å². The average Bonchev–Trinajstić information content (AvgIpc) is 2.30. The molecular weight excluding hydrogens is 267 g/mol. The minimum Gasteiger partial charge on any atom is -0.298 e. The predicted molar refractivity (Wildman–Crippen MR) is 76.8 cm³/mol. The summed E-state index contributed by atoms with van der Waals surface area (Å²) in [5.41, 5.74) is 1.13. The molecule has 0 N–H and O–H groups in total. The zero-order valence-corrected chi connectivity index (χ0v) is 12.3. The smallest absolute Gasteiger partial charge is 0.0635 e. The van der Waals surface area contributed by atoms with Gasteiger partial charge in [-0.1, -0.05) is 43.1 Å². The fourth-order valence-electron chi connectivity index (χ4n) is 1.86. The van der Waals surface area contributed by atoms with Gasteiger partial charge in [0.05, 0.1) is 16.1 Å². The maximum Gasteiger partial charge on any atom is 0.0635 e. The highest BCUT2D eigenvalue weighted by atomic mass is 35.5. The molecule has 1 rings (SSSR count). The van der Waals surface area contributed by atoms with Crippen molar-refractivity contribution in [2.75, 3.05) is 13.1 Å². The van der Waals surface area contributed by atoms with Crippen molar-refractivity contribution in [3.63, 3.8) is 0 Å². The average molecular weight is 285 g/mol. The third kappa shape index (κ3) is 5.27. The number of halogens is 2. The zero-order valence-electron chi connectivity index (χ0n) is 10.8. The van der Waals surface area contributed by atoms with Crippen LogP contribution in [-0.2, 0) is 6.54 Å². The van der Waals surface area contributed by atoms with Crippen LogP contribution >= 0.6 is 23.2 Å². The first kappa shape index (κ1) is 15.3. The molecule has 0 saturated carbocycles. The second kappa shape index (κ2) is 7.63. The molecule has 0 radical (unpaired) electrons. The van der Waals surface area contributed by atoms with Crippen LogP contribution in [0.25, 0.3) is 0 Å². The molecule has 2 nitrogen and oxygen atoms in total. The van der Waals surface area contributed by atoms with Gasteiger partial charge < -0.3 is 0 Å². The summed E-state index contributed by atoms with van der Waals surface area (Å²) in [4.78, 5) is 2.27. The van der Waals surface area contributed by atoms with Gasteiger partial charge in [0.15, 0.2) is 0 Å². The normalized spacial score (nSPS) is 10.9. The van der Waals surface area contributed by atoms with E-state index in [0.29, 0.717) is 22.4 Å². The van der Waals surface area contributed by atoms with E-state index in [9.17, 15) is 0 Å². The summed E-state index contributed by atoms with van der Waals surface area (Å²) in [6.07, 6.45) is 0.550. The van der Waals surface area contributed by atoms with Crippen LogP contribution in [-0.4, -0.2) is 18.0 Å². The third-order valence-corrected chi connectivity index (χ3v) is 3.29. The van der Waals surface area contributed by atoms with E-state index in [0.717, 1.165) is 25.2 Å². The van der Waals surface area contributed by atoms with Gasteiger partial charge >= 0.3 is 0 Å². The molecule has 0 aliphatic heterocycles. The number of hydrogen-bond donors (Lipinski definition) is 0. The molecule has 0 bridgehead atoms. The number of rotatable bonds is 6. The van der Waals surface area contributed by atoms with E-state index in [2.05, 4.69) is 24.8 Å². The van der Waals surface area contributed by atoms with E-state index in [-0.39, 0.29) is 0 Å². The van der Waals surface area contributed by atoms with Crippen LogP contribution in [0.4, 0.5) is 0 Å². The first-order valence-corrected chi connectivity index (χ1v) is 6.81. The number of nitriles is 1. The Hall–Kier alpha value is -0.750. The molecule has 4 heteroatoms. The molecule has 0 aliphatic carbocycles. The Morgan fingerprint density at radius 2 is 2.00 bits per heavy atom. The first-order valence-electron chi connectivity index (χ1n) is 6.06. The molecule has 0 fully saturated rings. The van der Waals surface area contributed by atoms with Gasteiger partial charge in [-0.15, -0.1) is 0 Å². The summed E-state index contributed by atoms with van der Waals surface area (Å²) in [5.74, 6) is 0.575. The van der Waals surface area contributed by atoms with Crippen molar-refractivity contribution in [3.05, 3.63) is 33.8 Å². The predicted octanol–water partition coefficient (Wildman–Crippen LogP) is 4.37. The summed E-state index contributed by atoms with van der Waals surface area (Å²) < 4.78 is 0. The number of nitrogens with zero attached hydrogens (tertiary/aromatic N) is 2. The highest BCUT2D eigenvalue weighted by Crippen LogP contribution is 2.23. The fraction of sp³-hybridized carbons (Fsp3) is 0.500. The summed E-state index contributed by atoms with van der Waals surface area (Å²) >= 11 is 11.9. The van der Waals surface area contributed by atoms with Crippen molar-refractivity contribution >= 4 is 23.2 Å². The van der Waals surface area contributed by atoms with Crippen LogP contribution in [0.3, 0.4) is 0 Å². The Balaban J connectivity index is 2.69. The van der Waals surface area contributed by atoms with E-state index < -0.39 is 0 Å². The van der Waals surface area contributed by atoms with Crippen molar-refractivity contribution < 1.29 is 0 Å². The monoisotopic (exact) mass is 284 g/mol. The maximum absolute atomic E-state index is 8.68. The van der Waals surface area contributed by atoms with E-state index >= 15 is 0 Å². The number of benzene rings is 1. The summed E-state index contributed by atoms with van der Waals surface area (Å²) in [6, 6.07) is 7.88. The molecule has 0 aromatic heterocycles. The van der Waals surface area contributed by atoms with Crippen LogP contribution in [0, 0.1) is 17.2 Å². The Morgan fingerprint density at radius 1 is 1.28 bits per heavy atom. The molecule has 0 saturated heterocycles. The summed E-state index contributed by atoms with van der Waals surface area (Å²) in [7, 11) is 0. The van der Waals surface area contributed by atoms with Gasteiger partial charge in [-0.05, 0) is 23.6 Å². The van der Waals surface area contributed by atoms with Crippen molar-refractivity contribution in [2.45, 2.75) is 26.8 Å². The van der Waals surface area contributed by atoms with Crippen LogP contribution in [0.1, 0.15) is 25.8 Å². The quantitative estimate of drug-likeness (QED) is 0.776. The van der Waals surface area contributed by atoms with Gasteiger partial charge in [0, 0.05) is 26.1 Å². The minimum absolute atomic E-state index is 0.550. The molecule has 1 aromatic carbocycles. The topological polar surface area (TPSA) is 27.0 Å². The highest BCUT2D eigenvalue weighted by molar-refractivity contribution is 6.42. The molecular formula is C14H18Cl2N2. The van der Waals surface area contributed by atoms with Gasteiger partial charge in [0.2, 0.25) is 0 Å². The Morgan fingerprint density at radius 3 is 2.56 bits per heavy atom. The third-order valence-electron chi connectivity index (χ3n) is 2.55. The molecule has 98 valence electrons. The summed E-state index contributed by atoms with van der Waals surface area (Å²) in [5, 5.41) is 9.84. The lowest BCUT2D eigenvalue weighted by Crippen LogP contribution is -2.28. The second-order valence-electron chi connectivity index (χ2n) is 4.79. The Bertz CT molecular complexity index is 424. The second-order valence-corrected chi connectivity index (χ2v) is 5.60. The Labute approximate surface area is 119 Å². The summed E-state index contributed by atoms with van der Waals surface area (Å²) in [6.45, 7) is 6.91. The molecule has 1 aromatic rings. The van der Waals surface area contributed by atoms with E-state index in [1.807, 2.05) is 18.2 Å². The minimum atomic E-state index is 0.550. The largest absolute Gasteiger partial charge is 0.298 e. The van der Waals surface area contributed by atoms with Crippen molar-refractivity contribution in [1.82, 2.24) is 4.90 Å². The van der Waals surface area contributed by atoms with Crippen LogP contribution in [0.2, 0.25) is 10.0 Å². The van der Waals surface area contributed by atoms with Gasteiger partial charge in [-0.2, -0.15) is 5.26 Å². The maximum atomic E-state index is 8.68. The lowest BCUT2D eigenvalue weighted by molar-refractivity contribution is 0.241. The van der Waals surface area contributed by atoms with E-state index in [4.69, 9.17) is 28.5 Å². The molecule has 0 spiro atoms. The van der Waals surface area contributed by atoms with Crippen LogP contribution < -0.4 is 0 Å². The van der Waals surface area contributed by atoms with Crippen molar-refractivity contribution in [1.29, 1.82) is 5.26 Å². The molecule has 0 amide bonds. The van der Waals surface area contributed by atoms with Gasteiger partial charge in [0.25, 0.3) is 0 Å². The SMILES string of the molecule is CC(C)CN(CCC#N)Cc1ccc(Cl)c(Cl)c1. The fourth-order valence-corrected chi connectivity index (χ4v) is 2.18. The van der Waals surface area contributed by atoms with Crippen molar-refractivity contribution in [2.24, 2.45) is 5.92 Å². The first-order chi connectivity index (χ1) is 8.52. The highest BCUT2D eigenvalue weighted by Gasteiger charge is 2.09. The number of hydrogen-bond acceptors (Lipinski definition) is 2. The zero-order chi connectivity index (χ0) is 13.5. The molecule has 0 heterocycles. The van der Waals surface area contributed by atoms with Crippen LogP contribution in [0.5, 0.6) is 0 Å². The van der Waals surface area contributed by atoms with Gasteiger partial charge in [0.1, 0.15) is 0 Å². The van der Waals surface area contributed by atoms with E-state index in [1.54, 1.807) is 0 Å². The molecule has 0 unspecified atom stereocenters. The molecule has 0 atom stereocenters.